The molecule has 1 aromatic carbocycles. The monoisotopic (exact) mass is 432 g/mol. The van der Waals surface area contributed by atoms with Gasteiger partial charge in [-0.15, -0.1) is 16.4 Å². The van der Waals surface area contributed by atoms with Crippen LogP contribution in [0.1, 0.15) is 16.2 Å². The van der Waals surface area contributed by atoms with Gasteiger partial charge < -0.3 is 9.80 Å². The molecule has 4 aromatic rings. The third-order valence-electron chi connectivity index (χ3n) is 5.24. The molecule has 0 N–H and O–H groups in total. The van der Waals surface area contributed by atoms with Gasteiger partial charge in [-0.25, -0.2) is 15.0 Å². The predicted molar refractivity (Wildman–Crippen MR) is 117 cm³/mol. The van der Waals surface area contributed by atoms with E-state index in [0.29, 0.717) is 48.6 Å². The number of thiazole rings is 1. The molecule has 0 radical (unpaired) electrons. The van der Waals surface area contributed by atoms with E-state index in [-0.39, 0.29) is 5.91 Å². The first-order chi connectivity index (χ1) is 15.2. The van der Waals surface area contributed by atoms with Crippen LogP contribution in [0.15, 0.2) is 54.2 Å². The number of hydrogen-bond acceptors (Lipinski definition) is 8. The smallest absolute Gasteiger partial charge is 0.276 e. The van der Waals surface area contributed by atoms with Crippen LogP contribution in [0, 0.1) is 6.92 Å². The third-order valence-corrected chi connectivity index (χ3v) is 6.06. The van der Waals surface area contributed by atoms with Gasteiger partial charge in [-0.3, -0.25) is 4.79 Å². The number of carbonyl (C=O) groups is 1. The predicted octanol–water partition coefficient (Wildman–Crippen LogP) is 2.45. The molecule has 156 valence electrons. The van der Waals surface area contributed by atoms with Crippen LogP contribution < -0.4 is 4.90 Å². The summed E-state index contributed by atoms with van der Waals surface area (Å²) < 4.78 is 1.64. The Bertz CT molecular complexity index is 1180. The molecular weight excluding hydrogens is 412 g/mol. The van der Waals surface area contributed by atoms with E-state index in [2.05, 4.69) is 30.2 Å². The molecule has 0 bridgehead atoms. The summed E-state index contributed by atoms with van der Waals surface area (Å²) in [7, 11) is 0. The van der Waals surface area contributed by atoms with Crippen molar-refractivity contribution in [2.24, 2.45) is 0 Å². The van der Waals surface area contributed by atoms with Crippen LogP contribution in [0.2, 0.25) is 0 Å². The number of nitrogens with zero attached hydrogens (tertiary/aromatic N) is 8. The highest BCUT2D eigenvalue weighted by Crippen LogP contribution is 2.25. The fraction of sp³-hybridized carbons (Fsp3) is 0.238. The van der Waals surface area contributed by atoms with Crippen molar-refractivity contribution in [3.8, 4) is 16.4 Å². The summed E-state index contributed by atoms with van der Waals surface area (Å²) in [4.78, 5) is 30.2. The van der Waals surface area contributed by atoms with Crippen LogP contribution in [0.3, 0.4) is 0 Å². The highest BCUT2D eigenvalue weighted by Gasteiger charge is 2.27. The van der Waals surface area contributed by atoms with Gasteiger partial charge in [0.2, 0.25) is 11.1 Å². The Morgan fingerprint density at radius 2 is 1.74 bits per heavy atom. The van der Waals surface area contributed by atoms with Gasteiger partial charge in [0.25, 0.3) is 5.91 Å². The second-order valence-electron chi connectivity index (χ2n) is 7.14. The second-order valence-corrected chi connectivity index (χ2v) is 7.98. The summed E-state index contributed by atoms with van der Waals surface area (Å²) in [5, 5.41) is 11.1. The Kier molecular flexibility index (Phi) is 5.13. The van der Waals surface area contributed by atoms with E-state index in [1.807, 2.05) is 42.6 Å². The van der Waals surface area contributed by atoms with E-state index < -0.39 is 0 Å². The molecule has 0 unspecified atom stereocenters. The maximum Gasteiger partial charge on any atom is 0.276 e. The van der Waals surface area contributed by atoms with Gasteiger partial charge in [-0.1, -0.05) is 35.5 Å². The Hall–Kier alpha value is -3.66. The summed E-state index contributed by atoms with van der Waals surface area (Å²) in [6.07, 6.45) is 3.45. The van der Waals surface area contributed by atoms with Crippen molar-refractivity contribution in [1.82, 2.24) is 34.8 Å². The van der Waals surface area contributed by atoms with E-state index in [0.717, 1.165) is 11.3 Å². The molecule has 0 atom stereocenters. The quantitative estimate of drug-likeness (QED) is 0.489. The highest BCUT2D eigenvalue weighted by molar-refractivity contribution is 7.12. The van der Waals surface area contributed by atoms with Crippen molar-refractivity contribution in [3.63, 3.8) is 0 Å². The summed E-state index contributed by atoms with van der Waals surface area (Å²) in [5.74, 6) is 0.576. The van der Waals surface area contributed by atoms with Crippen LogP contribution in [0.25, 0.3) is 16.4 Å². The zero-order chi connectivity index (χ0) is 21.2. The fourth-order valence-corrected chi connectivity index (χ4v) is 4.36. The molecule has 5 rings (SSSR count). The standard InChI is InChI=1S/C21H20N8OS/c1-15-18(19(30)27-10-12-28(13-11-27)20-22-8-5-9-23-20)25-26-29(15)21-24-17(14-31-21)16-6-3-2-4-7-16/h2-9,14H,10-13H2,1H3. The number of carbonyl (C=O) groups excluding carboxylic acids is 1. The molecule has 3 aromatic heterocycles. The van der Waals surface area contributed by atoms with Gasteiger partial charge in [0.15, 0.2) is 5.69 Å². The van der Waals surface area contributed by atoms with Crippen LogP contribution >= 0.6 is 11.3 Å². The first-order valence-corrected chi connectivity index (χ1v) is 10.8. The van der Waals surface area contributed by atoms with Crippen molar-refractivity contribution >= 4 is 23.2 Å². The van der Waals surface area contributed by atoms with Crippen LogP contribution in [0.4, 0.5) is 5.95 Å². The number of aromatic nitrogens is 6. The molecular formula is C21H20N8OS. The van der Waals surface area contributed by atoms with Crippen molar-refractivity contribution in [1.29, 1.82) is 0 Å². The zero-order valence-corrected chi connectivity index (χ0v) is 17.7. The largest absolute Gasteiger partial charge is 0.337 e. The number of piperazine rings is 1. The minimum absolute atomic E-state index is 0.114. The molecule has 1 aliphatic heterocycles. The van der Waals surface area contributed by atoms with Crippen molar-refractivity contribution < 1.29 is 4.79 Å². The first-order valence-electron chi connectivity index (χ1n) is 9.95. The lowest BCUT2D eigenvalue weighted by molar-refractivity contribution is 0.0739. The molecule has 0 aliphatic carbocycles. The molecule has 1 amide bonds. The maximum atomic E-state index is 13.1. The SMILES string of the molecule is Cc1c(C(=O)N2CCN(c3ncccn3)CC2)nnn1-c1nc(-c2ccccc2)cs1. The number of hydrogen-bond donors (Lipinski definition) is 0. The first kappa shape index (κ1) is 19.3. The van der Waals surface area contributed by atoms with Crippen LogP contribution in [0.5, 0.6) is 0 Å². The summed E-state index contributed by atoms with van der Waals surface area (Å²) in [6.45, 7) is 4.37. The minimum Gasteiger partial charge on any atom is -0.337 e. The summed E-state index contributed by atoms with van der Waals surface area (Å²) >= 11 is 1.47. The maximum absolute atomic E-state index is 13.1. The molecule has 4 heterocycles. The van der Waals surface area contributed by atoms with E-state index in [1.54, 1.807) is 28.0 Å². The molecule has 0 saturated carbocycles. The van der Waals surface area contributed by atoms with E-state index in [9.17, 15) is 4.79 Å². The minimum atomic E-state index is -0.114. The van der Waals surface area contributed by atoms with Crippen molar-refractivity contribution in [3.05, 3.63) is 65.6 Å². The molecule has 1 aliphatic rings. The zero-order valence-electron chi connectivity index (χ0n) is 16.9. The number of rotatable bonds is 4. The Morgan fingerprint density at radius 1 is 1.00 bits per heavy atom. The number of anilines is 1. The lowest BCUT2D eigenvalue weighted by atomic mass is 10.2. The Labute approximate surface area is 183 Å². The number of amides is 1. The molecule has 1 fully saturated rings. The average Bonchev–Trinajstić information content (AvgIpc) is 3.47. The molecule has 1 saturated heterocycles. The van der Waals surface area contributed by atoms with E-state index in [4.69, 9.17) is 0 Å². The number of benzene rings is 1. The highest BCUT2D eigenvalue weighted by atomic mass is 32.1. The molecule has 0 spiro atoms. The van der Waals surface area contributed by atoms with Gasteiger partial charge in [-0.2, -0.15) is 4.68 Å². The van der Waals surface area contributed by atoms with Gasteiger partial charge >= 0.3 is 0 Å². The van der Waals surface area contributed by atoms with Gasteiger partial charge in [-0.05, 0) is 13.0 Å². The van der Waals surface area contributed by atoms with Gasteiger partial charge in [0.1, 0.15) is 0 Å². The van der Waals surface area contributed by atoms with Gasteiger partial charge in [0, 0.05) is 49.5 Å². The third kappa shape index (κ3) is 3.77. The van der Waals surface area contributed by atoms with Crippen LogP contribution in [-0.2, 0) is 0 Å². The lowest BCUT2D eigenvalue weighted by Gasteiger charge is -2.34. The van der Waals surface area contributed by atoms with Crippen molar-refractivity contribution in [2.75, 3.05) is 31.1 Å². The van der Waals surface area contributed by atoms with E-state index >= 15 is 0 Å². The summed E-state index contributed by atoms with van der Waals surface area (Å²) in [5.41, 5.74) is 2.97. The summed E-state index contributed by atoms with van der Waals surface area (Å²) in [6, 6.07) is 11.8. The molecule has 9 nitrogen and oxygen atoms in total. The van der Waals surface area contributed by atoms with Crippen LogP contribution in [-0.4, -0.2) is 66.9 Å². The van der Waals surface area contributed by atoms with Crippen molar-refractivity contribution in [2.45, 2.75) is 6.92 Å². The Balaban J connectivity index is 1.30. The lowest BCUT2D eigenvalue weighted by Crippen LogP contribution is -2.49. The topological polar surface area (TPSA) is 92.9 Å². The second kappa shape index (κ2) is 8.23. The molecule has 31 heavy (non-hydrogen) atoms. The van der Waals surface area contributed by atoms with Gasteiger partial charge in [0.05, 0.1) is 11.4 Å². The Morgan fingerprint density at radius 3 is 2.48 bits per heavy atom. The fourth-order valence-electron chi connectivity index (χ4n) is 3.53. The average molecular weight is 433 g/mol. The van der Waals surface area contributed by atoms with E-state index in [1.165, 1.54) is 11.3 Å². The normalized spacial score (nSPS) is 14.1. The molecule has 10 heteroatoms.